The van der Waals surface area contributed by atoms with Crippen molar-refractivity contribution >= 4 is 45.8 Å². The van der Waals surface area contributed by atoms with Gasteiger partial charge in [-0.15, -0.1) is 0 Å². The number of amides is 6. The second kappa shape index (κ2) is 23.5. The van der Waals surface area contributed by atoms with Crippen LogP contribution in [-0.4, -0.2) is 128 Å². The van der Waals surface area contributed by atoms with Gasteiger partial charge in [-0.1, -0.05) is 74.5 Å². The fraction of sp³-hybridized carbons (Fsp3) is 0.625. The van der Waals surface area contributed by atoms with Gasteiger partial charge < -0.3 is 41.0 Å². The first kappa shape index (κ1) is 53.4. The molecule has 2 saturated heterocycles. The number of piperidine rings is 1. The summed E-state index contributed by atoms with van der Waals surface area (Å²) in [5.41, 5.74) is -0.207. The Morgan fingerprint density at radius 1 is 0.652 bits per heavy atom. The summed E-state index contributed by atoms with van der Waals surface area (Å²) in [5.74, 6) is -2.20. The summed E-state index contributed by atoms with van der Waals surface area (Å²) in [6.07, 6.45) is 2.65. The molecule has 0 aliphatic carbocycles. The van der Waals surface area contributed by atoms with Crippen molar-refractivity contribution in [3.8, 4) is 0 Å². The van der Waals surface area contributed by atoms with Gasteiger partial charge in [0.15, 0.2) is 0 Å². The molecule has 17 nitrogen and oxygen atoms in total. The van der Waals surface area contributed by atoms with Crippen LogP contribution in [0, 0.1) is 11.3 Å². The van der Waals surface area contributed by atoms with Gasteiger partial charge in [-0.05, 0) is 97.1 Å². The number of carbonyl (C=O) groups excluding carboxylic acids is 6. The van der Waals surface area contributed by atoms with Crippen LogP contribution in [0.1, 0.15) is 105 Å². The van der Waals surface area contributed by atoms with Crippen molar-refractivity contribution in [3.05, 3.63) is 71.8 Å². The van der Waals surface area contributed by atoms with Gasteiger partial charge in [-0.2, -0.15) is 0 Å². The first-order valence-electron chi connectivity index (χ1n) is 23.0. The molecule has 0 saturated carbocycles. The van der Waals surface area contributed by atoms with Crippen LogP contribution in [0.3, 0.4) is 0 Å². The number of benzene rings is 2. The highest BCUT2D eigenvalue weighted by molar-refractivity contribution is 7.88. The van der Waals surface area contributed by atoms with Gasteiger partial charge in [0, 0.05) is 51.0 Å². The molecule has 4 atom stereocenters. The Labute approximate surface area is 391 Å². The number of rotatable bonds is 20. The third-order valence-electron chi connectivity index (χ3n) is 11.4. The van der Waals surface area contributed by atoms with Crippen molar-refractivity contribution in [2.24, 2.45) is 11.3 Å². The number of nitrogens with one attached hydrogen (secondary N) is 5. The van der Waals surface area contributed by atoms with E-state index in [-0.39, 0.29) is 49.5 Å². The highest BCUT2D eigenvalue weighted by Gasteiger charge is 2.49. The molecule has 4 rings (SSSR count). The fourth-order valence-corrected chi connectivity index (χ4v) is 8.92. The SMILES string of the molecule is CC(C)C[C@@H](NC(=O)[C@@H](Cc1ccccc1)NC(=O)[C@@H](Cc1ccccc1)NC(=O)OC(C)(C)C)C(=O)N[C@H](CCCCNC(=O)OC(C)(C)C)C(=O)N1CC2(CCN(S(C)(=O)=O)CC2)C1. The van der Waals surface area contributed by atoms with E-state index >= 15 is 0 Å². The van der Waals surface area contributed by atoms with Gasteiger partial charge in [0.25, 0.3) is 0 Å². The van der Waals surface area contributed by atoms with E-state index in [0.717, 1.165) is 11.1 Å². The number of alkyl carbamates (subject to hydrolysis) is 2. The van der Waals surface area contributed by atoms with E-state index in [9.17, 15) is 37.2 Å². The molecule has 2 aromatic carbocycles. The summed E-state index contributed by atoms with van der Waals surface area (Å²) in [5, 5.41) is 14.1. The average Bonchev–Trinajstić information content (AvgIpc) is 3.20. The fourth-order valence-electron chi connectivity index (χ4n) is 8.07. The Balaban J connectivity index is 1.53. The van der Waals surface area contributed by atoms with E-state index < -0.39 is 75.3 Å². The minimum absolute atomic E-state index is 0.0655. The molecule has 0 radical (unpaired) electrons. The Kier molecular flexibility index (Phi) is 19.0. The zero-order valence-electron chi connectivity index (χ0n) is 40.2. The van der Waals surface area contributed by atoms with Gasteiger partial charge in [0.05, 0.1) is 6.26 Å². The molecule has 0 aromatic heterocycles. The molecule has 2 aliphatic heterocycles. The zero-order valence-corrected chi connectivity index (χ0v) is 41.1. The van der Waals surface area contributed by atoms with Crippen LogP contribution in [-0.2, 0) is 51.5 Å². The highest BCUT2D eigenvalue weighted by atomic mass is 32.2. The second-order valence-corrected chi connectivity index (χ2v) is 22.2. The van der Waals surface area contributed by atoms with Crippen LogP contribution in [0.5, 0.6) is 0 Å². The number of unbranched alkanes of at least 4 members (excludes halogenated alkanes) is 1. The maximum Gasteiger partial charge on any atom is 0.408 e. The quantitative estimate of drug-likeness (QED) is 0.118. The van der Waals surface area contributed by atoms with Crippen LogP contribution in [0.25, 0.3) is 0 Å². The molecular formula is C48H73N7O10S. The molecule has 2 fully saturated rings. The van der Waals surface area contributed by atoms with Crippen molar-refractivity contribution in [1.82, 2.24) is 35.8 Å². The highest BCUT2D eigenvalue weighted by Crippen LogP contribution is 2.41. The Bertz CT molecular complexity index is 2060. The smallest absolute Gasteiger partial charge is 0.408 e. The Morgan fingerprint density at radius 3 is 1.59 bits per heavy atom. The third kappa shape index (κ3) is 17.9. The monoisotopic (exact) mass is 940 g/mol. The third-order valence-corrected chi connectivity index (χ3v) is 12.7. The van der Waals surface area contributed by atoms with Crippen molar-refractivity contribution < 1.29 is 46.7 Å². The first-order chi connectivity index (χ1) is 30.8. The molecule has 0 bridgehead atoms. The number of carbonyl (C=O) groups is 6. The van der Waals surface area contributed by atoms with Gasteiger partial charge in [-0.25, -0.2) is 22.3 Å². The Morgan fingerprint density at radius 2 is 1.11 bits per heavy atom. The van der Waals surface area contributed by atoms with Crippen molar-refractivity contribution in [3.63, 3.8) is 0 Å². The number of hydrogen-bond acceptors (Lipinski definition) is 10. The molecule has 2 heterocycles. The van der Waals surface area contributed by atoms with Crippen molar-refractivity contribution in [1.29, 1.82) is 0 Å². The number of likely N-dealkylation sites (tertiary alicyclic amines) is 1. The number of sulfonamides is 1. The van der Waals surface area contributed by atoms with Crippen molar-refractivity contribution in [2.45, 2.75) is 142 Å². The number of nitrogens with zero attached hydrogens (tertiary/aromatic N) is 2. The standard InChI is InChI=1S/C48H73N7O10S/c1-33(2)28-37(51-41(57)38(29-34-18-12-10-13-19-34)52-42(58)39(30-35-20-14-11-15-21-35)53-45(61)65-47(6,7)8)40(56)50-36(22-16-17-25-49-44(60)64-46(3,4)5)43(59)54-31-48(32-54)23-26-55(27-24-48)66(9,62)63/h10-15,18-21,33,36-39H,16-17,22-32H2,1-9H3,(H,49,60)(H,50,56)(H,51,57)(H,52,58)(H,53,61)/t36-,37-,38-,39-/m1/s1. The lowest BCUT2D eigenvalue weighted by Gasteiger charge is -2.54. The van der Waals surface area contributed by atoms with Crippen LogP contribution in [0.4, 0.5) is 9.59 Å². The lowest BCUT2D eigenvalue weighted by molar-refractivity contribution is -0.150. The molecule has 18 heteroatoms. The molecule has 2 aliphatic rings. The molecule has 1 spiro atoms. The van der Waals surface area contributed by atoms with E-state index in [1.807, 2.05) is 74.5 Å². The molecule has 2 aromatic rings. The van der Waals surface area contributed by atoms with E-state index in [1.54, 1.807) is 46.4 Å². The van der Waals surface area contributed by atoms with E-state index in [0.29, 0.717) is 51.9 Å². The molecule has 6 amide bonds. The van der Waals surface area contributed by atoms with E-state index in [4.69, 9.17) is 9.47 Å². The molecule has 0 unspecified atom stereocenters. The zero-order chi connectivity index (χ0) is 48.9. The maximum absolute atomic E-state index is 14.4. The van der Waals surface area contributed by atoms with Gasteiger partial charge in [0.1, 0.15) is 35.4 Å². The topological polar surface area (TPSA) is 222 Å². The minimum atomic E-state index is -3.32. The average molecular weight is 940 g/mol. The van der Waals surface area contributed by atoms with Crippen LogP contribution >= 0.6 is 0 Å². The van der Waals surface area contributed by atoms with Gasteiger partial charge >= 0.3 is 12.2 Å². The normalized spacial score (nSPS) is 17.0. The number of ether oxygens (including phenoxy) is 2. The molecule has 366 valence electrons. The second-order valence-electron chi connectivity index (χ2n) is 20.2. The van der Waals surface area contributed by atoms with Crippen molar-refractivity contribution in [2.75, 3.05) is 39.0 Å². The molecule has 5 N–H and O–H groups in total. The minimum Gasteiger partial charge on any atom is -0.444 e. The summed E-state index contributed by atoms with van der Waals surface area (Å²) in [6, 6.07) is 13.9. The van der Waals surface area contributed by atoms with E-state index in [1.165, 1.54) is 10.6 Å². The largest absolute Gasteiger partial charge is 0.444 e. The summed E-state index contributed by atoms with van der Waals surface area (Å²) >= 11 is 0. The summed E-state index contributed by atoms with van der Waals surface area (Å²) in [7, 11) is -3.32. The van der Waals surface area contributed by atoms with Crippen LogP contribution in [0.2, 0.25) is 0 Å². The summed E-state index contributed by atoms with van der Waals surface area (Å²) in [4.78, 5) is 84.1. The lowest BCUT2D eigenvalue weighted by atomic mass is 9.72. The summed E-state index contributed by atoms with van der Waals surface area (Å²) in [6.45, 7) is 16.1. The maximum atomic E-state index is 14.4. The lowest BCUT2D eigenvalue weighted by Crippen LogP contribution is -2.65. The first-order valence-corrected chi connectivity index (χ1v) is 24.9. The summed E-state index contributed by atoms with van der Waals surface area (Å²) < 4.78 is 36.6. The Hall–Kier alpha value is -5.23. The van der Waals surface area contributed by atoms with E-state index in [2.05, 4.69) is 26.6 Å². The number of hydrogen-bond donors (Lipinski definition) is 5. The van der Waals surface area contributed by atoms with Crippen LogP contribution < -0.4 is 26.6 Å². The molecule has 66 heavy (non-hydrogen) atoms. The molecular weight excluding hydrogens is 867 g/mol. The van der Waals surface area contributed by atoms with Gasteiger partial charge in [-0.3, -0.25) is 19.2 Å². The predicted molar refractivity (Wildman–Crippen MR) is 251 cm³/mol. The van der Waals surface area contributed by atoms with Crippen LogP contribution in [0.15, 0.2) is 60.7 Å². The van der Waals surface area contributed by atoms with Gasteiger partial charge in [0.2, 0.25) is 33.7 Å². The predicted octanol–water partition coefficient (Wildman–Crippen LogP) is 4.44.